The molecule has 0 aromatic carbocycles. The molecule has 0 fully saturated rings. The van der Waals surface area contributed by atoms with Crippen molar-refractivity contribution in [3.05, 3.63) is 85.1 Å². The number of aliphatic hydroxyl groups is 1. The van der Waals surface area contributed by atoms with Crippen molar-refractivity contribution in [2.24, 2.45) is 0 Å². The molecule has 0 aromatic rings. The molecule has 0 bridgehead atoms. The summed E-state index contributed by atoms with van der Waals surface area (Å²) in [6.07, 6.45) is 75.6. The van der Waals surface area contributed by atoms with Crippen LogP contribution in [0.1, 0.15) is 349 Å². The van der Waals surface area contributed by atoms with Crippen LogP contribution in [0.2, 0.25) is 0 Å². The maximum atomic E-state index is 13.1. The molecule has 0 rings (SSSR count). The lowest BCUT2D eigenvalue weighted by Gasteiger charge is -2.21. The van der Waals surface area contributed by atoms with E-state index in [0.717, 1.165) is 167 Å². The highest BCUT2D eigenvalue weighted by Crippen LogP contribution is 2.45. The summed E-state index contributed by atoms with van der Waals surface area (Å²) < 4.78 is 68.6. The van der Waals surface area contributed by atoms with Crippen LogP contribution in [0.4, 0.5) is 0 Å². The Hall–Kier alpha value is -3.76. The number of ether oxygens (including phenoxy) is 4. The van der Waals surface area contributed by atoms with Crippen LogP contribution in [0.3, 0.4) is 0 Å². The van der Waals surface area contributed by atoms with Crippen LogP contribution in [-0.4, -0.2) is 96.7 Å². The van der Waals surface area contributed by atoms with E-state index in [1.807, 2.05) is 0 Å². The highest BCUT2D eigenvalue weighted by molar-refractivity contribution is 7.47. The Kier molecular flexibility index (Phi) is 70.8. The smallest absolute Gasteiger partial charge is 0.462 e. The molecule has 100 heavy (non-hydrogen) atoms. The number of phosphoric acid groups is 2. The largest absolute Gasteiger partial charge is 0.472 e. The summed E-state index contributed by atoms with van der Waals surface area (Å²) in [4.78, 5) is 73.0. The highest BCUT2D eigenvalue weighted by atomic mass is 31.2. The molecular weight excluding hydrogens is 1310 g/mol. The molecule has 0 aliphatic carbocycles. The summed E-state index contributed by atoms with van der Waals surface area (Å²) in [5.74, 6) is -2.18. The summed E-state index contributed by atoms with van der Waals surface area (Å²) in [6.45, 7) is 4.67. The van der Waals surface area contributed by atoms with Gasteiger partial charge in [0, 0.05) is 25.7 Å². The first kappa shape index (κ1) is 96.2. The van der Waals surface area contributed by atoms with Crippen LogP contribution >= 0.6 is 15.6 Å². The highest BCUT2D eigenvalue weighted by Gasteiger charge is 2.30. The van der Waals surface area contributed by atoms with Gasteiger partial charge in [-0.1, -0.05) is 312 Å². The Morgan fingerprint density at radius 3 is 0.800 bits per heavy atom. The van der Waals surface area contributed by atoms with Gasteiger partial charge in [0.15, 0.2) is 12.2 Å². The Bertz CT molecular complexity index is 2230. The fraction of sp³-hybridized carbons (Fsp3) is 0.778. The quantitative estimate of drug-likeness (QED) is 0.0169. The first-order chi connectivity index (χ1) is 48.7. The van der Waals surface area contributed by atoms with Gasteiger partial charge in [0.25, 0.3) is 0 Å². The van der Waals surface area contributed by atoms with Crippen LogP contribution in [0.25, 0.3) is 0 Å². The monoisotopic (exact) mass is 1450 g/mol. The SMILES string of the molecule is CC/C=C\C/C=C\C/C=C\C/C=C\CCCCCCC(=O)OCC(COP(=O)(O)OCC(O)COP(=O)(O)OCC(COC(=O)CCCCCCCCC/C=C\C/C=C\C/C=C\CC)OC(=O)CCCCCCCCCCCCCCC)OC(=O)CCCCCCCCCCCCCCC. The molecule has 0 aromatic heterocycles. The lowest BCUT2D eigenvalue weighted by molar-refractivity contribution is -0.161. The van der Waals surface area contributed by atoms with Gasteiger partial charge in [0.05, 0.1) is 26.4 Å². The minimum absolute atomic E-state index is 0.0938. The van der Waals surface area contributed by atoms with E-state index in [-0.39, 0.29) is 25.7 Å². The Morgan fingerprint density at radius 2 is 0.520 bits per heavy atom. The minimum Gasteiger partial charge on any atom is -0.462 e. The van der Waals surface area contributed by atoms with Gasteiger partial charge in [-0.3, -0.25) is 37.3 Å². The van der Waals surface area contributed by atoms with E-state index in [1.165, 1.54) is 103 Å². The number of hydrogen-bond acceptors (Lipinski definition) is 15. The molecule has 0 saturated carbocycles. The van der Waals surface area contributed by atoms with Crippen LogP contribution in [0.15, 0.2) is 85.1 Å². The predicted octanol–water partition coefficient (Wildman–Crippen LogP) is 23.0. The first-order valence-electron chi connectivity index (χ1n) is 39.8. The van der Waals surface area contributed by atoms with E-state index in [4.69, 9.17) is 37.0 Å². The van der Waals surface area contributed by atoms with Crippen molar-refractivity contribution in [3.8, 4) is 0 Å². The molecule has 5 unspecified atom stereocenters. The van der Waals surface area contributed by atoms with E-state index >= 15 is 0 Å². The predicted molar refractivity (Wildman–Crippen MR) is 409 cm³/mol. The minimum atomic E-state index is -4.98. The fourth-order valence-electron chi connectivity index (χ4n) is 10.9. The molecule has 0 spiro atoms. The average Bonchev–Trinajstić information content (AvgIpc) is 0.943. The number of hydrogen-bond donors (Lipinski definition) is 3. The van der Waals surface area contributed by atoms with Crippen molar-refractivity contribution in [2.75, 3.05) is 39.6 Å². The average molecular weight is 1450 g/mol. The number of phosphoric ester groups is 2. The van der Waals surface area contributed by atoms with Crippen LogP contribution in [0.5, 0.6) is 0 Å². The lowest BCUT2D eigenvalue weighted by atomic mass is 10.0. The van der Waals surface area contributed by atoms with Gasteiger partial charge in [-0.15, -0.1) is 0 Å². The molecule has 0 amide bonds. The molecule has 19 heteroatoms. The van der Waals surface area contributed by atoms with E-state index < -0.39 is 97.5 Å². The van der Waals surface area contributed by atoms with E-state index in [2.05, 4.69) is 113 Å². The van der Waals surface area contributed by atoms with Crippen molar-refractivity contribution < 1.29 is 80.2 Å². The lowest BCUT2D eigenvalue weighted by Crippen LogP contribution is -2.30. The Morgan fingerprint density at radius 1 is 0.290 bits per heavy atom. The zero-order valence-corrected chi connectivity index (χ0v) is 65.2. The van der Waals surface area contributed by atoms with Crippen LogP contribution < -0.4 is 0 Å². The standard InChI is InChI=1S/C81H144O17P2/c1-5-9-13-17-21-25-29-33-35-37-39-43-45-49-53-57-61-65-78(83)91-71-76(97-80(85)67-63-59-55-51-47-41-31-27-23-19-15-11-7-3)73-95-99(87,88)93-69-75(82)70-94-100(89,90)96-74-77(98-81(86)68-64-60-56-52-48-42-32-28-24-20-16-12-8-4)72-92-79(84)66-62-58-54-50-46-44-40-38-36-34-30-26-22-18-14-10-6-2/h9-10,13-14,21-22,25-26,33-36,39,43,75-77,82H,5-8,11-12,15-20,23-24,27-32,37-38,40-42,44-74H2,1-4H3,(H,87,88)(H,89,90)/b13-9-,14-10-,25-21-,26-22-,35-33-,36-34-,43-39-. The molecule has 0 saturated heterocycles. The number of allylic oxidation sites excluding steroid dienone is 14. The van der Waals surface area contributed by atoms with Gasteiger partial charge in [-0.05, 0) is 96.3 Å². The zero-order valence-electron chi connectivity index (χ0n) is 63.4. The van der Waals surface area contributed by atoms with Gasteiger partial charge in [0.1, 0.15) is 19.3 Å². The fourth-order valence-corrected chi connectivity index (χ4v) is 12.5. The zero-order chi connectivity index (χ0) is 73.2. The number of rotatable bonds is 75. The first-order valence-corrected chi connectivity index (χ1v) is 42.8. The maximum absolute atomic E-state index is 13.1. The topological polar surface area (TPSA) is 237 Å². The molecular formula is C81H144O17P2. The molecule has 0 heterocycles. The second-order valence-corrected chi connectivity index (χ2v) is 29.5. The maximum Gasteiger partial charge on any atom is 0.472 e. The normalized spacial score (nSPS) is 14.3. The second kappa shape index (κ2) is 73.5. The van der Waals surface area contributed by atoms with Crippen molar-refractivity contribution in [3.63, 3.8) is 0 Å². The third-order valence-corrected chi connectivity index (χ3v) is 18.8. The van der Waals surface area contributed by atoms with Crippen LogP contribution in [-0.2, 0) is 65.4 Å². The van der Waals surface area contributed by atoms with Crippen LogP contribution in [0, 0.1) is 0 Å². The van der Waals surface area contributed by atoms with E-state index in [1.54, 1.807) is 0 Å². The van der Waals surface area contributed by atoms with Gasteiger partial charge in [-0.25, -0.2) is 9.13 Å². The van der Waals surface area contributed by atoms with Gasteiger partial charge < -0.3 is 33.8 Å². The summed E-state index contributed by atoms with van der Waals surface area (Å²) in [6, 6.07) is 0. The molecule has 3 N–H and O–H groups in total. The van der Waals surface area contributed by atoms with Crippen molar-refractivity contribution in [2.45, 2.75) is 367 Å². The third-order valence-electron chi connectivity index (χ3n) is 16.9. The van der Waals surface area contributed by atoms with Crippen molar-refractivity contribution in [1.82, 2.24) is 0 Å². The van der Waals surface area contributed by atoms with Gasteiger partial charge in [0.2, 0.25) is 0 Å². The van der Waals surface area contributed by atoms with Gasteiger partial charge in [-0.2, -0.15) is 0 Å². The molecule has 5 atom stereocenters. The summed E-state index contributed by atoms with van der Waals surface area (Å²) >= 11 is 0. The summed E-state index contributed by atoms with van der Waals surface area (Å²) in [5, 5.41) is 10.6. The van der Waals surface area contributed by atoms with E-state index in [9.17, 15) is 43.2 Å². The molecule has 17 nitrogen and oxygen atoms in total. The molecule has 0 aliphatic rings. The number of aliphatic hydroxyl groups excluding tert-OH is 1. The summed E-state index contributed by atoms with van der Waals surface area (Å²) in [5.41, 5.74) is 0. The van der Waals surface area contributed by atoms with Crippen molar-refractivity contribution >= 4 is 39.5 Å². The molecule has 580 valence electrons. The molecule has 0 radical (unpaired) electrons. The second-order valence-electron chi connectivity index (χ2n) is 26.6. The Balaban J connectivity index is 5.33. The number of carbonyl (C=O) groups is 4. The van der Waals surface area contributed by atoms with E-state index in [0.29, 0.717) is 25.7 Å². The summed E-state index contributed by atoms with van der Waals surface area (Å²) in [7, 11) is -9.95. The van der Waals surface area contributed by atoms with Gasteiger partial charge >= 0.3 is 39.5 Å². The van der Waals surface area contributed by atoms with Crippen molar-refractivity contribution in [1.29, 1.82) is 0 Å². The number of esters is 4. The third kappa shape index (κ3) is 72.6. The molecule has 0 aliphatic heterocycles. The Labute approximate surface area is 608 Å². The number of unbranched alkanes of at least 4 members (excludes halogenated alkanes) is 35. The number of carbonyl (C=O) groups excluding carboxylic acids is 4.